The fourth-order valence-corrected chi connectivity index (χ4v) is 10.2. The summed E-state index contributed by atoms with van der Waals surface area (Å²) >= 11 is -1.39. The zero-order valence-electron chi connectivity index (χ0n) is 33.6. The van der Waals surface area contributed by atoms with Gasteiger partial charge in [-0.15, -0.1) is 0 Å². The molecule has 1 unspecified atom stereocenters. The summed E-state index contributed by atoms with van der Waals surface area (Å²) < 4.78 is 16.0. The molecule has 11 nitrogen and oxygen atoms in total. The van der Waals surface area contributed by atoms with Gasteiger partial charge < -0.3 is 15.5 Å². The highest BCUT2D eigenvalue weighted by Crippen LogP contribution is 2.88. The number of likely N-dealkylation sites (tertiary alicyclic amines) is 1. The van der Waals surface area contributed by atoms with Crippen LogP contribution in [0.25, 0.3) is 0 Å². The van der Waals surface area contributed by atoms with E-state index in [2.05, 4.69) is 24.5 Å². The number of Topliss-reactive ketones (excluding diaryl/α,β-unsaturated/α-hetero) is 3. The lowest BCUT2D eigenvalue weighted by atomic mass is 9.73. The molecule has 12 heteroatoms. The summed E-state index contributed by atoms with van der Waals surface area (Å²) in [5.41, 5.74) is -1.27. The van der Waals surface area contributed by atoms with Crippen molar-refractivity contribution in [2.45, 2.75) is 145 Å². The number of rotatable bonds is 16. The Hall–Kier alpha value is -2.18. The molecule has 0 aromatic rings. The fourth-order valence-electron chi connectivity index (χ4n) is 9.36. The van der Waals surface area contributed by atoms with E-state index in [1.165, 1.54) is 0 Å². The number of urea groups is 1. The second-order valence-corrected chi connectivity index (χ2v) is 20.9. The molecule has 4 rings (SSSR count). The monoisotopic (exact) mass is 733 g/mol. The maximum atomic E-state index is 14.8. The second kappa shape index (κ2) is 14.9. The van der Waals surface area contributed by atoms with E-state index >= 15 is 0 Å². The lowest BCUT2D eigenvalue weighted by Gasteiger charge is -2.38. The summed E-state index contributed by atoms with van der Waals surface area (Å²) in [4.78, 5) is 71.0. The Morgan fingerprint density at radius 3 is 1.98 bits per heavy atom. The predicted molar refractivity (Wildman–Crippen MR) is 201 cm³/mol. The number of carbonyl (C=O) groups excluding carboxylic acids is 5. The fraction of sp³-hybridized carbons (Fsp3) is 0.872. The second-order valence-electron chi connectivity index (χ2n) is 19.1. The first-order chi connectivity index (χ1) is 23.4. The van der Waals surface area contributed by atoms with Gasteiger partial charge in [0.15, 0.2) is 22.7 Å². The summed E-state index contributed by atoms with van der Waals surface area (Å²) in [6.45, 7) is 19.0. The number of nitrogens with zero attached hydrogens (tertiary/aromatic N) is 3. The van der Waals surface area contributed by atoms with Gasteiger partial charge in [0.1, 0.15) is 6.04 Å². The van der Waals surface area contributed by atoms with Crippen LogP contribution < -0.4 is 10.6 Å². The number of hydrogen-bond donors (Lipinski definition) is 2. The molecule has 0 aromatic heterocycles. The van der Waals surface area contributed by atoms with Crippen molar-refractivity contribution < 1.29 is 28.2 Å². The number of hydrogen-bond acceptors (Lipinski definition) is 6. The minimum absolute atomic E-state index is 0.0503. The lowest BCUT2D eigenvalue weighted by Crippen LogP contribution is -2.61. The lowest BCUT2D eigenvalue weighted by molar-refractivity contribution is -0.143. The van der Waals surface area contributed by atoms with E-state index in [-0.39, 0.29) is 52.0 Å². The number of ketones is 3. The first-order valence-corrected chi connectivity index (χ1v) is 20.3. The molecule has 3 aliphatic carbocycles. The third kappa shape index (κ3) is 8.17. The van der Waals surface area contributed by atoms with E-state index in [0.717, 1.165) is 32.1 Å². The molecule has 290 valence electrons. The highest BCUT2D eigenvalue weighted by atomic mass is 32.2. The third-order valence-electron chi connectivity index (χ3n) is 13.1. The van der Waals surface area contributed by atoms with Crippen LogP contribution in [0.5, 0.6) is 0 Å². The topological polar surface area (TPSA) is 136 Å². The first-order valence-electron chi connectivity index (χ1n) is 19.2. The van der Waals surface area contributed by atoms with Gasteiger partial charge in [0, 0.05) is 64.4 Å². The van der Waals surface area contributed by atoms with Crippen LogP contribution in [0.1, 0.15) is 127 Å². The van der Waals surface area contributed by atoms with E-state index in [9.17, 15) is 28.2 Å². The molecule has 6 atom stereocenters. The number of amides is 3. The predicted octanol–water partition coefficient (Wildman–Crippen LogP) is 5.30. The van der Waals surface area contributed by atoms with Gasteiger partial charge in [-0.3, -0.25) is 19.2 Å². The van der Waals surface area contributed by atoms with Crippen LogP contribution in [-0.4, -0.2) is 99.4 Å². The first kappa shape index (κ1) is 41.6. The molecule has 0 bridgehead atoms. The van der Waals surface area contributed by atoms with E-state index < -0.39 is 52.4 Å². The number of likely N-dealkylation sites (N-methyl/N-ethyl adjacent to an activating group) is 1. The number of nitrogens with one attached hydrogen (secondary N) is 2. The van der Waals surface area contributed by atoms with Gasteiger partial charge in [-0.2, -0.15) is 0 Å². The van der Waals surface area contributed by atoms with Gasteiger partial charge in [0.25, 0.3) is 0 Å². The quantitative estimate of drug-likeness (QED) is 0.207. The number of carbonyl (C=O) groups is 5. The molecule has 4 aliphatic rings. The Kier molecular flexibility index (Phi) is 12.2. The Balaban J connectivity index is 1.59. The van der Waals surface area contributed by atoms with Gasteiger partial charge in [-0.1, -0.05) is 75.2 Å². The van der Waals surface area contributed by atoms with Gasteiger partial charge in [-0.05, 0) is 66.1 Å². The normalized spacial score (nSPS) is 26.1. The van der Waals surface area contributed by atoms with Crippen LogP contribution >= 0.6 is 0 Å². The van der Waals surface area contributed by atoms with Crippen LogP contribution in [0.15, 0.2) is 0 Å². The van der Waals surface area contributed by atoms with Gasteiger partial charge in [0.05, 0.1) is 6.04 Å². The SMILES string of the molecule is CCC[C@H](CC(=O)[C@@H]1C[C@@]2(CN1C(=O)[C@@H](NC(=O)N[C@H](CN(C)S(=O)N(C)C)C(C)(C)C)C(C)(C)C)C(C)(C)C21CCC1)C(=O)C(=O)CC1CC1. The minimum atomic E-state index is -1.39. The molecular formula is C39H67N5O6S. The molecule has 1 saturated heterocycles. The van der Waals surface area contributed by atoms with Crippen molar-refractivity contribution in [1.29, 1.82) is 0 Å². The zero-order chi connectivity index (χ0) is 38.5. The largest absolute Gasteiger partial charge is 0.334 e. The smallest absolute Gasteiger partial charge is 0.315 e. The molecule has 4 fully saturated rings. The van der Waals surface area contributed by atoms with Crippen LogP contribution in [-0.2, 0) is 30.3 Å². The van der Waals surface area contributed by atoms with Crippen molar-refractivity contribution in [1.82, 2.24) is 24.1 Å². The summed E-state index contributed by atoms with van der Waals surface area (Å²) in [6, 6.07) is -2.57. The Morgan fingerprint density at radius 2 is 1.53 bits per heavy atom. The summed E-state index contributed by atoms with van der Waals surface area (Å²) in [7, 11) is 5.20. The number of fused-ring (bicyclic) bond motifs is 1. The molecule has 2 spiro atoms. The molecule has 3 saturated carbocycles. The van der Waals surface area contributed by atoms with Crippen molar-refractivity contribution >= 4 is 40.5 Å². The van der Waals surface area contributed by atoms with Crippen LogP contribution in [0.3, 0.4) is 0 Å². The van der Waals surface area contributed by atoms with Crippen molar-refractivity contribution in [2.24, 2.45) is 38.9 Å². The molecule has 0 aromatic carbocycles. The Bertz CT molecular complexity index is 1390. The summed E-state index contributed by atoms with van der Waals surface area (Å²) in [6.07, 6.45) is 7.11. The maximum absolute atomic E-state index is 14.8. The molecule has 3 amide bonds. The van der Waals surface area contributed by atoms with Crippen molar-refractivity contribution in [3.63, 3.8) is 0 Å². The van der Waals surface area contributed by atoms with Crippen LogP contribution in [0.2, 0.25) is 0 Å². The van der Waals surface area contributed by atoms with Crippen molar-refractivity contribution in [3.05, 3.63) is 0 Å². The zero-order valence-corrected chi connectivity index (χ0v) is 34.4. The maximum Gasteiger partial charge on any atom is 0.315 e. The third-order valence-corrected chi connectivity index (χ3v) is 14.4. The average Bonchev–Trinajstić information content (AvgIpc) is 3.82. The summed E-state index contributed by atoms with van der Waals surface area (Å²) in [5, 5.41) is 6.07. The molecule has 1 heterocycles. The molecule has 51 heavy (non-hydrogen) atoms. The van der Waals surface area contributed by atoms with E-state index in [0.29, 0.717) is 38.3 Å². The van der Waals surface area contributed by atoms with Crippen LogP contribution in [0, 0.1) is 38.9 Å². The van der Waals surface area contributed by atoms with Crippen molar-refractivity contribution in [3.8, 4) is 0 Å². The van der Waals surface area contributed by atoms with Gasteiger partial charge in [0.2, 0.25) is 11.7 Å². The molecule has 0 radical (unpaired) electrons. The van der Waals surface area contributed by atoms with Crippen LogP contribution in [0.4, 0.5) is 4.79 Å². The molecule has 2 N–H and O–H groups in total. The standard InChI is InChI=1S/C39H67N5O6S/c1-13-15-26(31(47)29(46)20-25-16-17-25)21-28(45)27-22-39(37(8,9)38(39)18-14-19-38)24-44(27)33(48)32(36(5,6)7)41-34(49)40-30(35(2,3)4)23-43(12)51(50)42(10)11/h25-27,30,32H,13-24H2,1-12H3,(H2,40,41,49)/t26-,27+,30-,32-,39-,51?/m1/s1. The molecule has 1 aliphatic heterocycles. The highest BCUT2D eigenvalue weighted by molar-refractivity contribution is 7.80. The molecular weight excluding hydrogens is 667 g/mol. The van der Waals surface area contributed by atoms with Gasteiger partial charge >= 0.3 is 6.03 Å². The highest BCUT2D eigenvalue weighted by Gasteiger charge is 2.85. The van der Waals surface area contributed by atoms with Gasteiger partial charge in [-0.25, -0.2) is 17.6 Å². The Labute approximate surface area is 309 Å². The minimum Gasteiger partial charge on any atom is -0.334 e. The van der Waals surface area contributed by atoms with Crippen molar-refractivity contribution in [2.75, 3.05) is 34.2 Å². The van der Waals surface area contributed by atoms with E-state index in [4.69, 9.17) is 0 Å². The van der Waals surface area contributed by atoms with E-state index in [1.54, 1.807) is 34.7 Å². The Morgan fingerprint density at radius 1 is 0.922 bits per heavy atom. The van der Waals surface area contributed by atoms with E-state index in [1.807, 2.05) is 48.5 Å². The summed E-state index contributed by atoms with van der Waals surface area (Å²) in [5.74, 6) is -1.66. The average molecular weight is 734 g/mol.